The highest BCUT2D eigenvalue weighted by Gasteiger charge is 2.21. The Morgan fingerprint density at radius 2 is 2.05 bits per heavy atom. The topological polar surface area (TPSA) is 38.2 Å². The molecule has 21 heavy (non-hydrogen) atoms. The van der Waals surface area contributed by atoms with Crippen molar-refractivity contribution in [2.75, 3.05) is 25.2 Å². The number of aromatic nitrogens is 2. The van der Waals surface area contributed by atoms with Crippen molar-refractivity contribution in [1.82, 2.24) is 9.97 Å². The number of rotatable bonds is 7. The van der Waals surface area contributed by atoms with Crippen LogP contribution in [0.15, 0.2) is 6.07 Å². The zero-order chi connectivity index (χ0) is 15.4. The fraction of sp³-hybridized carbons (Fsp3) is 0.600. The van der Waals surface area contributed by atoms with Crippen LogP contribution in [0, 0.1) is 6.92 Å². The van der Waals surface area contributed by atoms with E-state index in [1.165, 1.54) is 4.88 Å². The van der Waals surface area contributed by atoms with Crippen LogP contribution >= 0.6 is 22.9 Å². The minimum absolute atomic E-state index is 0.313. The number of nitrogens with zero attached hydrogens (tertiary/aromatic N) is 3. The molecule has 0 saturated carbocycles. The number of methoxy groups -OCH3 is 1. The highest BCUT2D eigenvalue weighted by Crippen LogP contribution is 2.33. The summed E-state index contributed by atoms with van der Waals surface area (Å²) in [5, 5.41) is 1.40. The summed E-state index contributed by atoms with van der Waals surface area (Å²) in [6, 6.07) is 2.57. The van der Waals surface area contributed by atoms with E-state index in [0.717, 1.165) is 35.4 Å². The molecule has 0 aliphatic heterocycles. The largest absolute Gasteiger partial charge is 0.383 e. The zero-order valence-corrected chi connectivity index (χ0v) is 14.6. The number of hydrogen-bond donors (Lipinski definition) is 0. The summed E-state index contributed by atoms with van der Waals surface area (Å²) >= 11 is 7.78. The lowest BCUT2D eigenvalue weighted by atomic mass is 10.1. The number of fused-ring (bicyclic) bond motifs is 1. The highest BCUT2D eigenvalue weighted by atomic mass is 35.5. The van der Waals surface area contributed by atoms with Gasteiger partial charge in [0.1, 0.15) is 10.6 Å². The van der Waals surface area contributed by atoms with Gasteiger partial charge in [0.15, 0.2) is 0 Å². The minimum Gasteiger partial charge on any atom is -0.383 e. The summed E-state index contributed by atoms with van der Waals surface area (Å²) < 4.78 is 5.27. The van der Waals surface area contributed by atoms with Crippen LogP contribution in [0.2, 0.25) is 5.28 Å². The molecule has 2 rings (SSSR count). The minimum atomic E-state index is 0.313. The van der Waals surface area contributed by atoms with Gasteiger partial charge in [-0.05, 0) is 37.4 Å². The van der Waals surface area contributed by atoms with Gasteiger partial charge in [0.25, 0.3) is 0 Å². The standard InChI is InChI=1S/C15H22ClN3OS/c1-5-11(6-2)19(7-8-20-4)13-12-9-10(3)21-14(12)18-15(16)17-13/h9,11H,5-8H2,1-4H3. The molecule has 0 N–H and O–H groups in total. The second-order valence-electron chi connectivity index (χ2n) is 5.05. The maximum absolute atomic E-state index is 6.13. The molecular formula is C15H22ClN3OS. The summed E-state index contributed by atoms with van der Waals surface area (Å²) in [4.78, 5) is 13.3. The maximum atomic E-state index is 6.13. The van der Waals surface area contributed by atoms with E-state index in [0.29, 0.717) is 17.9 Å². The Morgan fingerprint density at radius 1 is 1.33 bits per heavy atom. The molecule has 0 aliphatic carbocycles. The lowest BCUT2D eigenvalue weighted by Gasteiger charge is -2.31. The zero-order valence-electron chi connectivity index (χ0n) is 13.0. The first kappa shape index (κ1) is 16.5. The van der Waals surface area contributed by atoms with Crippen LogP contribution in [0.1, 0.15) is 31.6 Å². The number of halogens is 1. The maximum Gasteiger partial charge on any atom is 0.225 e. The van der Waals surface area contributed by atoms with Crippen LogP contribution in [0.25, 0.3) is 10.2 Å². The molecule has 0 unspecified atom stereocenters. The molecule has 0 aromatic carbocycles. The smallest absolute Gasteiger partial charge is 0.225 e. The summed E-state index contributed by atoms with van der Waals surface area (Å²) in [5.74, 6) is 0.931. The molecule has 2 aromatic heterocycles. The van der Waals surface area contributed by atoms with E-state index in [-0.39, 0.29) is 0 Å². The normalized spacial score (nSPS) is 11.5. The molecule has 0 aliphatic rings. The quantitative estimate of drug-likeness (QED) is 0.711. The van der Waals surface area contributed by atoms with Crippen molar-refractivity contribution < 1.29 is 4.74 Å². The molecule has 116 valence electrons. The van der Waals surface area contributed by atoms with Crippen molar-refractivity contribution in [3.05, 3.63) is 16.2 Å². The molecule has 0 fully saturated rings. The number of hydrogen-bond acceptors (Lipinski definition) is 5. The number of aryl methyl sites for hydroxylation is 1. The van der Waals surface area contributed by atoms with Gasteiger partial charge in [-0.1, -0.05) is 13.8 Å². The van der Waals surface area contributed by atoms with E-state index in [1.54, 1.807) is 18.4 Å². The molecule has 0 spiro atoms. The third kappa shape index (κ3) is 3.65. The van der Waals surface area contributed by atoms with Crippen LogP contribution in [-0.2, 0) is 4.74 Å². The van der Waals surface area contributed by atoms with Gasteiger partial charge in [-0.25, -0.2) is 4.98 Å². The van der Waals surface area contributed by atoms with Gasteiger partial charge in [-0.15, -0.1) is 11.3 Å². The fourth-order valence-corrected chi connectivity index (χ4v) is 3.69. The van der Waals surface area contributed by atoms with Crippen molar-refractivity contribution in [3.63, 3.8) is 0 Å². The fourth-order valence-electron chi connectivity index (χ4n) is 2.60. The summed E-state index contributed by atoms with van der Waals surface area (Å²) in [7, 11) is 1.72. The Bertz CT molecular complexity index is 598. The summed E-state index contributed by atoms with van der Waals surface area (Å²) in [5.41, 5.74) is 0. The van der Waals surface area contributed by atoms with E-state index >= 15 is 0 Å². The van der Waals surface area contributed by atoms with E-state index in [1.807, 2.05) is 0 Å². The van der Waals surface area contributed by atoms with Gasteiger partial charge in [-0.3, -0.25) is 0 Å². The number of ether oxygens (including phenoxy) is 1. The molecule has 0 radical (unpaired) electrons. The molecule has 6 heteroatoms. The van der Waals surface area contributed by atoms with Crippen LogP contribution in [0.5, 0.6) is 0 Å². The molecule has 0 atom stereocenters. The molecular weight excluding hydrogens is 306 g/mol. The van der Waals surface area contributed by atoms with Crippen molar-refractivity contribution >= 4 is 39.0 Å². The first-order valence-electron chi connectivity index (χ1n) is 7.29. The van der Waals surface area contributed by atoms with Gasteiger partial charge in [0, 0.05) is 24.6 Å². The van der Waals surface area contributed by atoms with Crippen molar-refractivity contribution in [2.24, 2.45) is 0 Å². The van der Waals surface area contributed by atoms with Crippen LogP contribution in [0.3, 0.4) is 0 Å². The van der Waals surface area contributed by atoms with Gasteiger partial charge in [-0.2, -0.15) is 4.98 Å². The Labute approximate surface area is 135 Å². The third-order valence-electron chi connectivity index (χ3n) is 3.66. The summed E-state index contributed by atoms with van der Waals surface area (Å²) in [6.07, 6.45) is 2.12. The third-order valence-corrected chi connectivity index (χ3v) is 4.77. The Hall–Kier alpha value is -0.910. The highest BCUT2D eigenvalue weighted by molar-refractivity contribution is 7.18. The SMILES string of the molecule is CCC(CC)N(CCOC)c1nc(Cl)nc2sc(C)cc12. The molecule has 2 aromatic rings. The Morgan fingerprint density at radius 3 is 2.67 bits per heavy atom. The molecule has 4 nitrogen and oxygen atoms in total. The number of anilines is 1. The van der Waals surface area contributed by atoms with E-state index in [2.05, 4.69) is 41.7 Å². The summed E-state index contributed by atoms with van der Waals surface area (Å²) in [6.45, 7) is 7.96. The Balaban J connectivity index is 2.51. The number of thiophene rings is 1. The second kappa shape index (κ2) is 7.38. The first-order valence-corrected chi connectivity index (χ1v) is 8.49. The van der Waals surface area contributed by atoms with Crippen LogP contribution in [0.4, 0.5) is 5.82 Å². The van der Waals surface area contributed by atoms with Crippen LogP contribution < -0.4 is 4.90 Å². The first-order chi connectivity index (χ1) is 10.1. The predicted octanol–water partition coefficient (Wildman–Crippen LogP) is 4.29. The van der Waals surface area contributed by atoms with E-state index in [9.17, 15) is 0 Å². The average molecular weight is 328 g/mol. The van der Waals surface area contributed by atoms with Gasteiger partial charge < -0.3 is 9.64 Å². The Kier molecular flexibility index (Phi) is 5.79. The molecule has 2 heterocycles. The molecule has 0 saturated heterocycles. The molecule has 0 amide bonds. The van der Waals surface area contributed by atoms with Gasteiger partial charge in [0.05, 0.1) is 12.0 Å². The van der Waals surface area contributed by atoms with Gasteiger partial charge >= 0.3 is 0 Å². The monoisotopic (exact) mass is 327 g/mol. The van der Waals surface area contributed by atoms with E-state index < -0.39 is 0 Å². The van der Waals surface area contributed by atoms with E-state index in [4.69, 9.17) is 16.3 Å². The lowest BCUT2D eigenvalue weighted by Crippen LogP contribution is -2.37. The van der Waals surface area contributed by atoms with Crippen molar-refractivity contribution in [2.45, 2.75) is 39.7 Å². The van der Waals surface area contributed by atoms with Crippen LogP contribution in [-0.4, -0.2) is 36.3 Å². The lowest BCUT2D eigenvalue weighted by molar-refractivity contribution is 0.202. The average Bonchev–Trinajstić information content (AvgIpc) is 2.82. The predicted molar refractivity (Wildman–Crippen MR) is 90.8 cm³/mol. The van der Waals surface area contributed by atoms with Crippen molar-refractivity contribution in [1.29, 1.82) is 0 Å². The molecule has 0 bridgehead atoms. The van der Waals surface area contributed by atoms with Crippen molar-refractivity contribution in [3.8, 4) is 0 Å². The second-order valence-corrected chi connectivity index (χ2v) is 6.62. The van der Waals surface area contributed by atoms with Gasteiger partial charge in [0.2, 0.25) is 5.28 Å².